The second-order valence-electron chi connectivity index (χ2n) is 4.77. The van der Waals surface area contributed by atoms with Crippen molar-refractivity contribution >= 4 is 28.4 Å². The van der Waals surface area contributed by atoms with Crippen molar-refractivity contribution < 1.29 is 14.3 Å². The zero-order valence-corrected chi connectivity index (χ0v) is 11.9. The molecule has 0 bridgehead atoms. The normalized spacial score (nSPS) is 13.8. The van der Waals surface area contributed by atoms with Crippen LogP contribution in [-0.4, -0.2) is 19.0 Å². The Morgan fingerprint density at radius 1 is 1.14 bits per heavy atom. The van der Waals surface area contributed by atoms with E-state index in [4.69, 9.17) is 4.74 Å². The van der Waals surface area contributed by atoms with Crippen LogP contribution in [0.1, 0.15) is 0 Å². The van der Waals surface area contributed by atoms with Crippen molar-refractivity contribution in [2.75, 3.05) is 12.0 Å². The lowest BCUT2D eigenvalue weighted by atomic mass is 10.1. The van der Waals surface area contributed by atoms with Gasteiger partial charge in [-0.25, -0.2) is 9.59 Å². The molecule has 1 aliphatic heterocycles. The van der Waals surface area contributed by atoms with Crippen molar-refractivity contribution in [3.8, 4) is 0 Å². The lowest BCUT2D eigenvalue weighted by Gasteiger charge is -2.24. The first-order valence-electron chi connectivity index (χ1n) is 6.75. The zero-order valence-electron chi connectivity index (χ0n) is 11.9. The van der Waals surface area contributed by atoms with Crippen molar-refractivity contribution in [3.05, 3.63) is 72.1 Å². The van der Waals surface area contributed by atoms with Crippen LogP contribution < -0.4 is 4.90 Å². The van der Waals surface area contributed by atoms with Crippen LogP contribution >= 0.6 is 0 Å². The summed E-state index contributed by atoms with van der Waals surface area (Å²) in [5.41, 5.74) is 1.11. The Bertz CT molecular complexity index is 858. The molecule has 0 aliphatic carbocycles. The Morgan fingerprint density at radius 2 is 1.91 bits per heavy atom. The van der Waals surface area contributed by atoms with Gasteiger partial charge < -0.3 is 9.64 Å². The van der Waals surface area contributed by atoms with Gasteiger partial charge in [0.2, 0.25) is 0 Å². The molecular formula is C18H13NO3. The maximum atomic E-state index is 11.8. The van der Waals surface area contributed by atoms with Gasteiger partial charge in [-0.05, 0) is 35.1 Å². The summed E-state index contributed by atoms with van der Waals surface area (Å²) < 4.78 is 4.71. The second kappa shape index (κ2) is 5.72. The number of methoxy groups -OCH3 is 1. The molecule has 0 radical (unpaired) electrons. The Kier molecular flexibility index (Phi) is 3.60. The van der Waals surface area contributed by atoms with E-state index in [0.29, 0.717) is 0 Å². The minimum atomic E-state index is -0.562. The van der Waals surface area contributed by atoms with E-state index in [1.165, 1.54) is 7.11 Å². The average molecular weight is 291 g/mol. The summed E-state index contributed by atoms with van der Waals surface area (Å²) in [5.74, 6) is 1.28. The summed E-state index contributed by atoms with van der Waals surface area (Å²) in [7, 11) is 1.28. The Hall–Kier alpha value is -3.10. The van der Waals surface area contributed by atoms with Crippen LogP contribution in [0.15, 0.2) is 72.1 Å². The van der Waals surface area contributed by atoms with E-state index in [0.717, 1.165) is 16.5 Å². The fourth-order valence-electron chi connectivity index (χ4n) is 2.43. The quantitative estimate of drug-likeness (QED) is 0.630. The standard InChI is InChI=1S/C18H13NO3/c1-22-18(21)16-7-4-10-19(17(16)12-20)15-9-8-13-5-2-3-6-14(13)11-15/h2-11H,1H3. The summed E-state index contributed by atoms with van der Waals surface area (Å²) in [6.45, 7) is 0. The third kappa shape index (κ3) is 2.32. The molecule has 108 valence electrons. The average Bonchev–Trinajstić information content (AvgIpc) is 2.59. The lowest BCUT2D eigenvalue weighted by Crippen LogP contribution is -2.24. The monoisotopic (exact) mass is 291 g/mol. The molecule has 0 saturated carbocycles. The predicted molar refractivity (Wildman–Crippen MR) is 84.9 cm³/mol. The van der Waals surface area contributed by atoms with Gasteiger partial charge in [-0.3, -0.25) is 0 Å². The van der Waals surface area contributed by atoms with Crippen molar-refractivity contribution in [1.82, 2.24) is 0 Å². The molecule has 4 nitrogen and oxygen atoms in total. The van der Waals surface area contributed by atoms with Crippen molar-refractivity contribution in [1.29, 1.82) is 0 Å². The van der Waals surface area contributed by atoms with Gasteiger partial charge in [0, 0.05) is 11.9 Å². The van der Waals surface area contributed by atoms with Crippen LogP contribution in [0.5, 0.6) is 0 Å². The van der Waals surface area contributed by atoms with Gasteiger partial charge in [-0.1, -0.05) is 30.3 Å². The van der Waals surface area contributed by atoms with Crippen LogP contribution in [-0.2, 0) is 14.3 Å². The van der Waals surface area contributed by atoms with Crippen LogP contribution in [0.4, 0.5) is 5.69 Å². The molecule has 0 amide bonds. The topological polar surface area (TPSA) is 46.6 Å². The molecule has 0 fully saturated rings. The number of fused-ring (bicyclic) bond motifs is 1. The first kappa shape index (κ1) is 13.9. The molecule has 3 rings (SSSR count). The predicted octanol–water partition coefficient (Wildman–Crippen LogP) is 2.99. The number of rotatable bonds is 2. The Labute approximate surface area is 127 Å². The molecule has 0 saturated heterocycles. The van der Waals surface area contributed by atoms with E-state index >= 15 is 0 Å². The number of carbonyl (C=O) groups is 1. The fourth-order valence-corrected chi connectivity index (χ4v) is 2.43. The van der Waals surface area contributed by atoms with E-state index in [9.17, 15) is 9.59 Å². The molecule has 1 aliphatic rings. The number of hydrogen-bond donors (Lipinski definition) is 0. The summed E-state index contributed by atoms with van der Waals surface area (Å²) in [6.07, 6.45) is 4.96. The Morgan fingerprint density at radius 3 is 2.64 bits per heavy atom. The first-order valence-corrected chi connectivity index (χ1v) is 6.75. The number of anilines is 1. The largest absolute Gasteiger partial charge is 0.465 e. The number of carbonyl (C=O) groups excluding carboxylic acids is 2. The van der Waals surface area contributed by atoms with E-state index in [2.05, 4.69) is 0 Å². The Balaban J connectivity index is 2.06. The van der Waals surface area contributed by atoms with E-state index in [1.54, 1.807) is 23.3 Å². The summed E-state index contributed by atoms with van der Waals surface area (Å²) in [6, 6.07) is 13.7. The SMILES string of the molecule is COC(=O)C1=CC=CN(c2ccc3ccccc3c2)C1=C=O. The fraction of sp³-hybridized carbons (Fsp3) is 0.0556. The number of ether oxygens (including phenoxy) is 1. The number of benzene rings is 2. The van der Waals surface area contributed by atoms with Crippen LogP contribution in [0.25, 0.3) is 10.8 Å². The summed E-state index contributed by atoms with van der Waals surface area (Å²) >= 11 is 0. The minimum absolute atomic E-state index is 0.143. The van der Waals surface area contributed by atoms with Gasteiger partial charge in [0.05, 0.1) is 12.7 Å². The van der Waals surface area contributed by atoms with Crippen LogP contribution in [0.2, 0.25) is 0 Å². The number of allylic oxidation sites excluding steroid dienone is 2. The molecule has 2 aromatic rings. The first-order chi connectivity index (χ1) is 10.7. The minimum Gasteiger partial charge on any atom is -0.465 e. The highest BCUT2D eigenvalue weighted by Crippen LogP contribution is 2.29. The third-order valence-corrected chi connectivity index (χ3v) is 3.51. The molecule has 1 heterocycles. The van der Waals surface area contributed by atoms with Crippen molar-refractivity contribution in [2.24, 2.45) is 0 Å². The van der Waals surface area contributed by atoms with Crippen molar-refractivity contribution in [2.45, 2.75) is 0 Å². The molecule has 4 heteroatoms. The van der Waals surface area contributed by atoms with Gasteiger partial charge in [-0.2, -0.15) is 0 Å². The van der Waals surface area contributed by atoms with Gasteiger partial charge in [0.25, 0.3) is 0 Å². The second-order valence-corrected chi connectivity index (χ2v) is 4.77. The van der Waals surface area contributed by atoms with Gasteiger partial charge in [0.1, 0.15) is 5.70 Å². The smallest absolute Gasteiger partial charge is 0.340 e. The van der Waals surface area contributed by atoms with Gasteiger partial charge >= 0.3 is 5.97 Å². The molecule has 0 spiro atoms. The van der Waals surface area contributed by atoms with E-state index in [-0.39, 0.29) is 11.3 Å². The molecule has 0 N–H and O–H groups in total. The highest BCUT2D eigenvalue weighted by atomic mass is 16.5. The number of hydrogen-bond acceptors (Lipinski definition) is 4. The zero-order chi connectivity index (χ0) is 15.5. The summed E-state index contributed by atoms with van der Waals surface area (Å²) in [4.78, 5) is 24.8. The van der Waals surface area contributed by atoms with Crippen LogP contribution in [0, 0.1) is 0 Å². The number of esters is 1. The van der Waals surface area contributed by atoms with E-state index < -0.39 is 5.97 Å². The lowest BCUT2D eigenvalue weighted by molar-refractivity contribution is -0.135. The van der Waals surface area contributed by atoms with E-state index in [1.807, 2.05) is 48.4 Å². The molecule has 2 aromatic carbocycles. The molecule has 0 atom stereocenters. The number of nitrogens with zero attached hydrogens (tertiary/aromatic N) is 1. The molecular weight excluding hydrogens is 278 g/mol. The molecule has 0 unspecified atom stereocenters. The third-order valence-electron chi connectivity index (χ3n) is 3.51. The molecule has 22 heavy (non-hydrogen) atoms. The van der Waals surface area contributed by atoms with Gasteiger partial charge in [-0.15, -0.1) is 0 Å². The highest BCUT2D eigenvalue weighted by molar-refractivity contribution is 6.00. The maximum absolute atomic E-state index is 11.8. The summed E-state index contributed by atoms with van der Waals surface area (Å²) in [5, 5.41) is 2.15. The van der Waals surface area contributed by atoms with Gasteiger partial charge in [0.15, 0.2) is 5.94 Å². The maximum Gasteiger partial charge on any atom is 0.340 e. The van der Waals surface area contributed by atoms with Crippen molar-refractivity contribution in [3.63, 3.8) is 0 Å². The molecule has 0 aromatic heterocycles. The van der Waals surface area contributed by atoms with Crippen LogP contribution in [0.3, 0.4) is 0 Å². The highest BCUT2D eigenvalue weighted by Gasteiger charge is 2.24.